The van der Waals surface area contributed by atoms with Crippen molar-refractivity contribution in [2.45, 2.75) is 13.0 Å². The second kappa shape index (κ2) is 7.94. The summed E-state index contributed by atoms with van der Waals surface area (Å²) in [5.41, 5.74) is 0.767. The van der Waals surface area contributed by atoms with Gasteiger partial charge in [-0.15, -0.1) is 13.2 Å². The number of hydrogen-bond acceptors (Lipinski definition) is 3. The molecule has 0 aliphatic rings. The van der Waals surface area contributed by atoms with Crippen LogP contribution < -0.4 is 15.4 Å². The van der Waals surface area contributed by atoms with Crippen molar-refractivity contribution in [3.8, 4) is 5.75 Å². The number of urea groups is 1. The number of hydrogen-bond donors (Lipinski definition) is 3. The largest absolute Gasteiger partial charge is 0.573 e. The van der Waals surface area contributed by atoms with Crippen molar-refractivity contribution in [2.24, 2.45) is 0 Å². The monoisotopic (exact) mass is 438 g/mol. The number of rotatable bonds is 4. The Morgan fingerprint density at radius 2 is 1.92 bits per heavy atom. The lowest BCUT2D eigenvalue weighted by Gasteiger charge is -2.13. The van der Waals surface area contributed by atoms with Gasteiger partial charge in [-0.2, -0.15) is 0 Å². The summed E-state index contributed by atoms with van der Waals surface area (Å²) >= 11 is 8.88. The van der Waals surface area contributed by atoms with Crippen LogP contribution in [-0.4, -0.2) is 17.5 Å². The molecule has 0 fully saturated rings. The molecular weight excluding hydrogens is 429 g/mol. The third kappa shape index (κ3) is 6.11. The van der Waals surface area contributed by atoms with Gasteiger partial charge in [0.1, 0.15) is 5.75 Å². The van der Waals surface area contributed by atoms with Crippen molar-refractivity contribution < 1.29 is 27.8 Å². The van der Waals surface area contributed by atoms with E-state index in [0.29, 0.717) is 10.6 Å². The SMILES string of the molecule is O=C(Nc1cc(Br)cc(OC(F)(F)F)c1)Nc1cc(Cl)ccc1CO. The number of anilines is 2. The molecule has 25 heavy (non-hydrogen) atoms. The molecule has 0 radical (unpaired) electrons. The van der Waals surface area contributed by atoms with Crippen molar-refractivity contribution in [3.05, 3.63) is 51.5 Å². The van der Waals surface area contributed by atoms with Crippen LogP contribution >= 0.6 is 27.5 Å². The highest BCUT2D eigenvalue weighted by atomic mass is 79.9. The fourth-order valence-corrected chi connectivity index (χ4v) is 2.56. The number of amides is 2. The minimum absolute atomic E-state index is 0.0682. The van der Waals surface area contributed by atoms with Gasteiger partial charge in [-0.1, -0.05) is 33.6 Å². The molecule has 134 valence electrons. The molecule has 10 heteroatoms. The maximum absolute atomic E-state index is 12.3. The molecule has 3 N–H and O–H groups in total. The Hall–Kier alpha value is -1.97. The van der Waals surface area contributed by atoms with Crippen LogP contribution in [0.1, 0.15) is 5.56 Å². The van der Waals surface area contributed by atoms with Crippen molar-refractivity contribution in [1.82, 2.24) is 0 Å². The molecule has 2 rings (SSSR count). The molecule has 5 nitrogen and oxygen atoms in total. The molecular formula is C15H11BrClF3N2O3. The molecule has 0 aliphatic heterocycles. The number of alkyl halides is 3. The number of aliphatic hydroxyl groups excluding tert-OH is 1. The quantitative estimate of drug-likeness (QED) is 0.618. The van der Waals surface area contributed by atoms with Crippen molar-refractivity contribution in [1.29, 1.82) is 0 Å². The molecule has 0 heterocycles. The van der Waals surface area contributed by atoms with E-state index in [2.05, 4.69) is 31.3 Å². The van der Waals surface area contributed by atoms with E-state index in [4.69, 9.17) is 11.6 Å². The van der Waals surface area contributed by atoms with Gasteiger partial charge >= 0.3 is 12.4 Å². The van der Waals surface area contributed by atoms with Crippen molar-refractivity contribution in [2.75, 3.05) is 10.6 Å². The highest BCUT2D eigenvalue weighted by molar-refractivity contribution is 9.10. The van der Waals surface area contributed by atoms with Crippen molar-refractivity contribution in [3.63, 3.8) is 0 Å². The number of carbonyl (C=O) groups excluding carboxylic acids is 1. The first-order valence-electron chi connectivity index (χ1n) is 6.70. The summed E-state index contributed by atoms with van der Waals surface area (Å²) in [4.78, 5) is 12.0. The van der Waals surface area contributed by atoms with Gasteiger partial charge < -0.3 is 20.5 Å². The number of ether oxygens (including phenoxy) is 1. The molecule has 0 saturated carbocycles. The minimum atomic E-state index is -4.85. The minimum Gasteiger partial charge on any atom is -0.406 e. The van der Waals surface area contributed by atoms with Crippen LogP contribution in [0.3, 0.4) is 0 Å². The fourth-order valence-electron chi connectivity index (χ4n) is 1.92. The molecule has 2 aromatic rings. The number of nitrogens with one attached hydrogen (secondary N) is 2. The molecule has 0 spiro atoms. The number of aliphatic hydroxyl groups is 1. The topological polar surface area (TPSA) is 70.6 Å². The predicted molar refractivity (Wildman–Crippen MR) is 90.8 cm³/mol. The van der Waals surface area contributed by atoms with E-state index < -0.39 is 18.1 Å². The second-order valence-corrected chi connectivity index (χ2v) is 6.11. The first-order chi connectivity index (χ1) is 11.7. The van der Waals surface area contributed by atoms with Crippen LogP contribution in [-0.2, 0) is 6.61 Å². The van der Waals surface area contributed by atoms with E-state index in [9.17, 15) is 23.1 Å². The Kier molecular flexibility index (Phi) is 6.15. The van der Waals surface area contributed by atoms with Crippen LogP contribution in [0.4, 0.5) is 29.3 Å². The van der Waals surface area contributed by atoms with E-state index in [1.807, 2.05) is 0 Å². The Labute approximate surface area is 153 Å². The zero-order valence-corrected chi connectivity index (χ0v) is 14.7. The summed E-state index contributed by atoms with van der Waals surface area (Å²) in [6.45, 7) is -0.326. The van der Waals surface area contributed by atoms with Crippen molar-refractivity contribution >= 4 is 44.9 Å². The van der Waals surface area contributed by atoms with Crippen LogP contribution in [0.25, 0.3) is 0 Å². The number of carbonyl (C=O) groups is 1. The third-order valence-corrected chi connectivity index (χ3v) is 3.55. The highest BCUT2D eigenvalue weighted by Crippen LogP contribution is 2.29. The van der Waals surface area contributed by atoms with E-state index in [-0.39, 0.29) is 22.5 Å². The van der Waals surface area contributed by atoms with Crippen LogP contribution in [0, 0.1) is 0 Å². The average Bonchev–Trinajstić information content (AvgIpc) is 2.44. The van der Waals surface area contributed by atoms with E-state index >= 15 is 0 Å². The number of halogens is 5. The Morgan fingerprint density at radius 1 is 1.20 bits per heavy atom. The van der Waals surface area contributed by atoms with E-state index in [0.717, 1.165) is 12.1 Å². The first-order valence-corrected chi connectivity index (χ1v) is 7.87. The summed E-state index contributed by atoms with van der Waals surface area (Å²) in [5.74, 6) is -0.490. The van der Waals surface area contributed by atoms with Gasteiger partial charge in [0.05, 0.1) is 6.61 Å². The zero-order chi connectivity index (χ0) is 18.6. The van der Waals surface area contributed by atoms with Gasteiger partial charge in [-0.25, -0.2) is 4.79 Å². The summed E-state index contributed by atoms with van der Waals surface area (Å²) in [5, 5.41) is 14.4. The van der Waals surface area contributed by atoms with Gasteiger partial charge in [0.15, 0.2) is 0 Å². The maximum atomic E-state index is 12.3. The van der Waals surface area contributed by atoms with Crippen LogP contribution in [0.2, 0.25) is 5.02 Å². The van der Waals surface area contributed by atoms with Gasteiger partial charge in [0, 0.05) is 32.5 Å². The Balaban J connectivity index is 2.14. The molecule has 0 saturated heterocycles. The van der Waals surface area contributed by atoms with Gasteiger partial charge in [0.25, 0.3) is 0 Å². The standard InChI is InChI=1S/C15H11BrClF3N2O3/c16-9-3-11(6-12(4-9)25-15(18,19)20)21-14(24)22-13-5-10(17)2-1-8(13)7-23/h1-6,23H,7H2,(H2,21,22,24). The average molecular weight is 440 g/mol. The summed E-state index contributed by atoms with van der Waals surface area (Å²) < 4.78 is 41.0. The lowest BCUT2D eigenvalue weighted by Crippen LogP contribution is -2.21. The van der Waals surface area contributed by atoms with E-state index in [1.54, 1.807) is 6.07 Å². The summed E-state index contributed by atoms with van der Waals surface area (Å²) in [6.07, 6.45) is -4.85. The lowest BCUT2D eigenvalue weighted by molar-refractivity contribution is -0.274. The smallest absolute Gasteiger partial charge is 0.406 e. The molecule has 2 amide bonds. The second-order valence-electron chi connectivity index (χ2n) is 4.76. The van der Waals surface area contributed by atoms with Crippen LogP contribution in [0.15, 0.2) is 40.9 Å². The summed E-state index contributed by atoms with van der Waals surface area (Å²) in [7, 11) is 0. The third-order valence-electron chi connectivity index (χ3n) is 2.85. The number of benzene rings is 2. The van der Waals surface area contributed by atoms with Gasteiger partial charge in [-0.3, -0.25) is 0 Å². The molecule has 2 aromatic carbocycles. The van der Waals surface area contributed by atoms with Gasteiger partial charge in [-0.05, 0) is 24.3 Å². The Bertz CT molecular complexity index is 787. The Morgan fingerprint density at radius 3 is 2.56 bits per heavy atom. The first kappa shape index (κ1) is 19.4. The molecule has 0 aromatic heterocycles. The predicted octanol–water partition coefficient (Wildman–Crippen LogP) is 5.14. The molecule has 0 atom stereocenters. The maximum Gasteiger partial charge on any atom is 0.573 e. The van der Waals surface area contributed by atoms with E-state index in [1.165, 1.54) is 18.2 Å². The molecule has 0 aliphatic carbocycles. The molecule has 0 bridgehead atoms. The normalized spacial score (nSPS) is 11.1. The fraction of sp³-hybridized carbons (Fsp3) is 0.133. The molecule has 0 unspecified atom stereocenters. The van der Waals surface area contributed by atoms with Crippen LogP contribution in [0.5, 0.6) is 5.75 Å². The highest BCUT2D eigenvalue weighted by Gasteiger charge is 2.31. The lowest BCUT2D eigenvalue weighted by atomic mass is 10.2. The van der Waals surface area contributed by atoms with Gasteiger partial charge in [0.2, 0.25) is 0 Å². The zero-order valence-electron chi connectivity index (χ0n) is 12.3. The summed E-state index contributed by atoms with van der Waals surface area (Å²) in [6, 6.07) is 7.31.